The van der Waals surface area contributed by atoms with E-state index in [1.54, 1.807) is 0 Å². The average molecular weight is 433 g/mol. The normalized spacial score (nSPS) is 12.3. The number of hydrogen-bond donors (Lipinski definition) is 1. The third kappa shape index (κ3) is 8.48. The molecule has 0 atom stereocenters. The summed E-state index contributed by atoms with van der Waals surface area (Å²) in [5.41, 5.74) is 0.563. The summed E-state index contributed by atoms with van der Waals surface area (Å²) in [4.78, 5) is 11.4. The van der Waals surface area contributed by atoms with Gasteiger partial charge in [0.15, 0.2) is 9.84 Å². The third-order valence-electron chi connectivity index (χ3n) is 2.59. The van der Waals surface area contributed by atoms with Gasteiger partial charge in [0.1, 0.15) is 0 Å². The van der Waals surface area contributed by atoms with Crippen molar-refractivity contribution in [2.24, 2.45) is 0 Å². The number of benzene rings is 1. The van der Waals surface area contributed by atoms with Crippen LogP contribution in [0.25, 0.3) is 0 Å². The molecule has 0 spiro atoms. The van der Waals surface area contributed by atoms with E-state index in [2.05, 4.69) is 4.72 Å². The molecule has 0 bridgehead atoms. The number of sulfone groups is 1. The maximum absolute atomic E-state index is 12.1. The molecule has 0 amide bonds. The summed E-state index contributed by atoms with van der Waals surface area (Å²) in [5, 5.41) is 0.819. The van der Waals surface area contributed by atoms with E-state index >= 15 is 0 Å². The van der Waals surface area contributed by atoms with Gasteiger partial charge in [0.2, 0.25) is 0 Å². The van der Waals surface area contributed by atoms with Gasteiger partial charge in [-0.3, -0.25) is 0 Å². The Kier molecular flexibility index (Phi) is 8.73. The molecule has 0 saturated carbocycles. The number of nitrogens with one attached hydrogen (secondary N) is 1. The van der Waals surface area contributed by atoms with E-state index in [9.17, 15) is 13.2 Å². The lowest BCUT2D eigenvalue weighted by Crippen LogP contribution is -2.04. The SMILES string of the molecule is CCCCOC(=O)C=CS(=O)(=O)c1ccc(NSC(Cl)(Cl)Cl)cc1. The van der Waals surface area contributed by atoms with Crippen LogP contribution in [0.2, 0.25) is 0 Å². The summed E-state index contributed by atoms with van der Waals surface area (Å²) in [6, 6.07) is 5.79. The van der Waals surface area contributed by atoms with Crippen LogP contribution in [0.4, 0.5) is 5.69 Å². The first-order valence-corrected chi connectivity index (χ1v) is 10.3. The van der Waals surface area contributed by atoms with Gasteiger partial charge in [0, 0.05) is 29.1 Å². The molecule has 1 aromatic carbocycles. The van der Waals surface area contributed by atoms with Gasteiger partial charge in [-0.1, -0.05) is 48.1 Å². The molecular weight excluding hydrogens is 417 g/mol. The van der Waals surface area contributed by atoms with Crippen molar-refractivity contribution in [1.82, 2.24) is 0 Å². The number of esters is 1. The highest BCUT2D eigenvalue weighted by molar-refractivity contribution is 8.05. The van der Waals surface area contributed by atoms with Gasteiger partial charge >= 0.3 is 5.97 Å². The number of halogens is 3. The lowest BCUT2D eigenvalue weighted by Gasteiger charge is -2.11. The molecule has 1 N–H and O–H groups in total. The van der Waals surface area contributed by atoms with E-state index in [1.165, 1.54) is 24.3 Å². The highest BCUT2D eigenvalue weighted by Gasteiger charge is 2.20. The molecule has 0 unspecified atom stereocenters. The number of ether oxygens (including phenoxy) is 1. The highest BCUT2D eigenvalue weighted by Crippen LogP contribution is 2.38. The highest BCUT2D eigenvalue weighted by atomic mass is 35.6. The number of unbranched alkanes of at least 4 members (excludes halogenated alkanes) is 1. The summed E-state index contributed by atoms with van der Waals surface area (Å²) in [6.07, 6.45) is 2.51. The number of rotatable bonds is 8. The minimum Gasteiger partial charge on any atom is -0.463 e. The van der Waals surface area contributed by atoms with Gasteiger partial charge in [0.25, 0.3) is 3.12 Å². The molecule has 1 rings (SSSR count). The number of alkyl halides is 3. The van der Waals surface area contributed by atoms with Gasteiger partial charge in [-0.25, -0.2) is 13.2 Å². The van der Waals surface area contributed by atoms with Crippen LogP contribution in [0.1, 0.15) is 19.8 Å². The van der Waals surface area contributed by atoms with Crippen molar-refractivity contribution < 1.29 is 17.9 Å². The molecule has 0 saturated heterocycles. The predicted molar refractivity (Wildman–Crippen MR) is 100 cm³/mol. The molecule has 0 aliphatic carbocycles. The molecule has 0 aliphatic rings. The number of anilines is 1. The van der Waals surface area contributed by atoms with Crippen LogP contribution < -0.4 is 4.72 Å². The van der Waals surface area contributed by atoms with Crippen LogP contribution in [0, 0.1) is 0 Å². The lowest BCUT2D eigenvalue weighted by molar-refractivity contribution is -0.137. The average Bonchev–Trinajstić information content (AvgIpc) is 2.51. The predicted octanol–water partition coefficient (Wildman–Crippen LogP) is 4.71. The summed E-state index contributed by atoms with van der Waals surface area (Å²) in [6.45, 7) is 2.22. The van der Waals surface area contributed by atoms with Crippen molar-refractivity contribution in [3.05, 3.63) is 35.7 Å². The fourth-order valence-corrected chi connectivity index (χ4v) is 3.10. The summed E-state index contributed by atoms with van der Waals surface area (Å²) in [7, 11) is -3.74. The smallest absolute Gasteiger partial charge is 0.331 e. The fourth-order valence-electron chi connectivity index (χ4n) is 1.42. The monoisotopic (exact) mass is 431 g/mol. The van der Waals surface area contributed by atoms with E-state index in [0.717, 1.165) is 36.3 Å². The van der Waals surface area contributed by atoms with E-state index in [1.807, 2.05) is 6.92 Å². The number of carbonyl (C=O) groups is 1. The van der Waals surface area contributed by atoms with Crippen LogP contribution in [-0.4, -0.2) is 24.1 Å². The van der Waals surface area contributed by atoms with Gasteiger partial charge in [-0.15, -0.1) is 0 Å². The third-order valence-corrected chi connectivity index (χ3v) is 5.28. The first-order valence-electron chi connectivity index (χ1n) is 6.85. The summed E-state index contributed by atoms with van der Waals surface area (Å²) in [5.74, 6) is -0.690. The zero-order valence-electron chi connectivity index (χ0n) is 12.7. The van der Waals surface area contributed by atoms with Gasteiger partial charge in [-0.05, 0) is 30.7 Å². The second kappa shape index (κ2) is 9.77. The Bertz CT molecular complexity index is 670. The largest absolute Gasteiger partial charge is 0.463 e. The van der Waals surface area contributed by atoms with E-state index in [0.29, 0.717) is 5.69 Å². The zero-order chi connectivity index (χ0) is 18.2. The van der Waals surface area contributed by atoms with Gasteiger partial charge in [-0.2, -0.15) is 0 Å². The zero-order valence-corrected chi connectivity index (χ0v) is 16.6. The van der Waals surface area contributed by atoms with E-state index in [4.69, 9.17) is 39.5 Å². The summed E-state index contributed by atoms with van der Waals surface area (Å²) < 4.78 is 30.3. The van der Waals surface area contributed by atoms with Crippen LogP contribution in [-0.2, 0) is 19.4 Å². The number of hydrogen-bond acceptors (Lipinski definition) is 6. The van der Waals surface area contributed by atoms with Crippen molar-refractivity contribution in [3.63, 3.8) is 0 Å². The molecule has 0 aromatic heterocycles. The molecule has 1 aromatic rings. The molecule has 0 heterocycles. The van der Waals surface area contributed by atoms with Crippen LogP contribution >= 0.6 is 46.8 Å². The van der Waals surface area contributed by atoms with Crippen molar-refractivity contribution in [1.29, 1.82) is 0 Å². The molecule has 134 valence electrons. The Morgan fingerprint density at radius 3 is 2.46 bits per heavy atom. The first kappa shape index (κ1) is 21.4. The molecule has 0 aliphatic heterocycles. The van der Waals surface area contributed by atoms with Gasteiger partial charge in [0.05, 0.1) is 11.5 Å². The Morgan fingerprint density at radius 1 is 1.29 bits per heavy atom. The molecular formula is C14H16Cl3NO4S2. The van der Waals surface area contributed by atoms with Crippen LogP contribution in [0.15, 0.2) is 40.6 Å². The second-order valence-electron chi connectivity index (χ2n) is 4.54. The molecule has 5 nitrogen and oxygen atoms in total. The van der Waals surface area contributed by atoms with Crippen molar-refractivity contribution in [2.75, 3.05) is 11.3 Å². The Labute approximate surface area is 160 Å². The molecule has 0 fully saturated rings. The lowest BCUT2D eigenvalue weighted by atomic mass is 10.3. The Balaban J connectivity index is 2.68. The maximum Gasteiger partial charge on any atom is 0.331 e. The standard InChI is InChI=1S/C14H16Cl3NO4S2/c1-2-3-9-22-13(19)8-10-24(20,21)12-6-4-11(5-7-12)18-23-14(15,16)17/h4-8,10,18H,2-3,9H2,1H3. The molecule has 10 heteroatoms. The second-order valence-corrected chi connectivity index (χ2v) is 10.4. The van der Waals surface area contributed by atoms with Gasteiger partial charge < -0.3 is 9.46 Å². The maximum atomic E-state index is 12.1. The fraction of sp³-hybridized carbons (Fsp3) is 0.357. The van der Waals surface area contributed by atoms with Crippen molar-refractivity contribution in [2.45, 2.75) is 27.8 Å². The summed E-state index contributed by atoms with van der Waals surface area (Å²) >= 11 is 17.6. The Hall–Kier alpha value is -0.600. The minimum absolute atomic E-state index is 0.0320. The minimum atomic E-state index is -3.74. The molecule has 0 radical (unpaired) electrons. The quantitative estimate of drug-likeness (QED) is 0.211. The molecule has 24 heavy (non-hydrogen) atoms. The number of carbonyl (C=O) groups excluding carboxylic acids is 1. The van der Waals surface area contributed by atoms with Crippen LogP contribution in [0.3, 0.4) is 0 Å². The van der Waals surface area contributed by atoms with Crippen molar-refractivity contribution in [3.8, 4) is 0 Å². The van der Waals surface area contributed by atoms with Crippen molar-refractivity contribution >= 4 is 68.2 Å². The topological polar surface area (TPSA) is 72.5 Å². The van der Waals surface area contributed by atoms with Crippen LogP contribution in [0.5, 0.6) is 0 Å². The van der Waals surface area contributed by atoms with E-state index in [-0.39, 0.29) is 11.5 Å². The Morgan fingerprint density at radius 2 is 1.92 bits per heavy atom. The van der Waals surface area contributed by atoms with E-state index < -0.39 is 18.9 Å². The first-order chi connectivity index (χ1) is 11.1.